The standard InChI is InChI=1S/C9H16N2OS3/c12-9(8-5-14-6-11-8)10-3-7-4-13-1-2-15-7/h7-8,11H,1-6H2,(H,10,12)/t7?,8-/m1/s1. The number of thioether (sulfide) groups is 3. The van der Waals surface area contributed by atoms with Gasteiger partial charge in [-0.15, -0.1) is 11.8 Å². The molecule has 86 valence electrons. The van der Waals surface area contributed by atoms with E-state index in [9.17, 15) is 4.79 Å². The Balaban J connectivity index is 1.65. The SMILES string of the molecule is O=C(NCC1CSCCS1)[C@H]1CSCN1. The van der Waals surface area contributed by atoms with E-state index in [1.807, 2.05) is 23.5 Å². The zero-order valence-corrected chi connectivity index (χ0v) is 11.0. The van der Waals surface area contributed by atoms with Crippen molar-refractivity contribution in [2.24, 2.45) is 0 Å². The Morgan fingerprint density at radius 1 is 1.33 bits per heavy atom. The molecule has 3 nitrogen and oxygen atoms in total. The van der Waals surface area contributed by atoms with Crippen LogP contribution in [0.15, 0.2) is 0 Å². The molecular weight excluding hydrogens is 248 g/mol. The van der Waals surface area contributed by atoms with Crippen molar-refractivity contribution in [2.45, 2.75) is 11.3 Å². The van der Waals surface area contributed by atoms with Crippen molar-refractivity contribution in [2.75, 3.05) is 35.4 Å². The molecular formula is C9H16N2OS3. The maximum absolute atomic E-state index is 11.7. The van der Waals surface area contributed by atoms with Crippen LogP contribution < -0.4 is 10.6 Å². The van der Waals surface area contributed by atoms with Gasteiger partial charge in [0, 0.05) is 40.7 Å². The van der Waals surface area contributed by atoms with Gasteiger partial charge in [0.1, 0.15) is 0 Å². The van der Waals surface area contributed by atoms with Crippen LogP contribution in [-0.4, -0.2) is 52.6 Å². The monoisotopic (exact) mass is 264 g/mol. The molecule has 2 N–H and O–H groups in total. The topological polar surface area (TPSA) is 41.1 Å². The molecule has 1 amide bonds. The maximum atomic E-state index is 11.7. The first-order valence-corrected chi connectivity index (χ1v) is 8.50. The number of carbonyl (C=O) groups is 1. The molecule has 0 aromatic heterocycles. The third kappa shape index (κ3) is 3.76. The second-order valence-corrected chi connectivity index (χ2v) is 7.17. The Bertz CT molecular complexity index is 215. The summed E-state index contributed by atoms with van der Waals surface area (Å²) in [5.41, 5.74) is 0. The fraction of sp³-hybridized carbons (Fsp3) is 0.889. The second kappa shape index (κ2) is 6.27. The second-order valence-electron chi connectivity index (χ2n) is 3.58. The average molecular weight is 264 g/mol. The number of amides is 1. The van der Waals surface area contributed by atoms with E-state index in [-0.39, 0.29) is 11.9 Å². The predicted octanol–water partition coefficient (Wildman–Crippen LogP) is 0.614. The van der Waals surface area contributed by atoms with E-state index in [2.05, 4.69) is 10.6 Å². The Morgan fingerprint density at radius 3 is 2.93 bits per heavy atom. The maximum Gasteiger partial charge on any atom is 0.238 e. The normalized spacial score (nSPS) is 31.5. The lowest BCUT2D eigenvalue weighted by molar-refractivity contribution is -0.122. The first-order valence-electron chi connectivity index (χ1n) is 5.14. The molecule has 2 atom stereocenters. The minimum atomic E-state index is 0.0382. The van der Waals surface area contributed by atoms with Crippen molar-refractivity contribution in [3.8, 4) is 0 Å². The number of carbonyl (C=O) groups excluding carboxylic acids is 1. The highest BCUT2D eigenvalue weighted by atomic mass is 32.2. The van der Waals surface area contributed by atoms with Crippen LogP contribution in [0.25, 0.3) is 0 Å². The third-order valence-electron chi connectivity index (χ3n) is 2.42. The molecule has 0 radical (unpaired) electrons. The summed E-state index contributed by atoms with van der Waals surface area (Å²) in [7, 11) is 0. The fourth-order valence-electron chi connectivity index (χ4n) is 1.56. The van der Waals surface area contributed by atoms with Crippen molar-refractivity contribution in [3.05, 3.63) is 0 Å². The number of hydrogen-bond donors (Lipinski definition) is 2. The summed E-state index contributed by atoms with van der Waals surface area (Å²) in [6.07, 6.45) is 0. The number of rotatable bonds is 3. The van der Waals surface area contributed by atoms with Gasteiger partial charge in [-0.3, -0.25) is 10.1 Å². The van der Waals surface area contributed by atoms with E-state index < -0.39 is 0 Å². The molecule has 0 spiro atoms. The summed E-state index contributed by atoms with van der Waals surface area (Å²) in [6.45, 7) is 0.833. The van der Waals surface area contributed by atoms with Gasteiger partial charge in [0.25, 0.3) is 0 Å². The van der Waals surface area contributed by atoms with Gasteiger partial charge in [-0.25, -0.2) is 0 Å². The molecule has 2 heterocycles. The lowest BCUT2D eigenvalue weighted by Gasteiger charge is -2.21. The Hall–Kier alpha value is 0.480. The van der Waals surface area contributed by atoms with Crippen LogP contribution in [0, 0.1) is 0 Å². The summed E-state index contributed by atoms with van der Waals surface area (Å²) in [5, 5.41) is 6.84. The fourth-order valence-corrected chi connectivity index (χ4v) is 5.11. The van der Waals surface area contributed by atoms with Crippen molar-refractivity contribution in [1.82, 2.24) is 10.6 Å². The summed E-state index contributed by atoms with van der Waals surface area (Å²) in [6, 6.07) is 0.0382. The molecule has 1 unspecified atom stereocenters. The van der Waals surface area contributed by atoms with E-state index in [0.29, 0.717) is 5.25 Å². The van der Waals surface area contributed by atoms with Gasteiger partial charge in [-0.05, 0) is 0 Å². The van der Waals surface area contributed by atoms with Gasteiger partial charge in [0.15, 0.2) is 0 Å². The van der Waals surface area contributed by atoms with E-state index in [1.165, 1.54) is 17.3 Å². The third-order valence-corrected chi connectivity index (χ3v) is 6.21. The van der Waals surface area contributed by atoms with Crippen LogP contribution >= 0.6 is 35.3 Å². The number of nitrogens with one attached hydrogen (secondary N) is 2. The van der Waals surface area contributed by atoms with Crippen molar-refractivity contribution in [1.29, 1.82) is 0 Å². The van der Waals surface area contributed by atoms with Gasteiger partial charge < -0.3 is 5.32 Å². The van der Waals surface area contributed by atoms with E-state index >= 15 is 0 Å². The Morgan fingerprint density at radius 2 is 2.27 bits per heavy atom. The van der Waals surface area contributed by atoms with Crippen LogP contribution in [0.4, 0.5) is 0 Å². The van der Waals surface area contributed by atoms with Crippen LogP contribution in [0.1, 0.15) is 0 Å². The quantitative estimate of drug-likeness (QED) is 0.782. The highest BCUT2D eigenvalue weighted by Crippen LogP contribution is 2.23. The lowest BCUT2D eigenvalue weighted by atomic mass is 10.3. The minimum absolute atomic E-state index is 0.0382. The summed E-state index contributed by atoms with van der Waals surface area (Å²) in [5.74, 6) is 5.66. The predicted molar refractivity (Wildman–Crippen MR) is 70.8 cm³/mol. The smallest absolute Gasteiger partial charge is 0.238 e. The van der Waals surface area contributed by atoms with E-state index in [1.54, 1.807) is 11.8 Å². The van der Waals surface area contributed by atoms with E-state index in [4.69, 9.17) is 0 Å². The summed E-state index contributed by atoms with van der Waals surface area (Å²) in [4.78, 5) is 11.7. The largest absolute Gasteiger partial charge is 0.354 e. The van der Waals surface area contributed by atoms with Crippen LogP contribution in [0.5, 0.6) is 0 Å². The molecule has 2 fully saturated rings. The molecule has 0 aromatic carbocycles. The van der Waals surface area contributed by atoms with Gasteiger partial charge in [-0.2, -0.15) is 23.5 Å². The summed E-state index contributed by atoms with van der Waals surface area (Å²) >= 11 is 5.77. The van der Waals surface area contributed by atoms with Gasteiger partial charge in [0.05, 0.1) is 6.04 Å². The first-order chi connectivity index (χ1) is 7.36. The molecule has 2 aliphatic rings. The highest BCUT2D eigenvalue weighted by Gasteiger charge is 2.23. The molecule has 2 aliphatic heterocycles. The van der Waals surface area contributed by atoms with Crippen LogP contribution in [0.2, 0.25) is 0 Å². The van der Waals surface area contributed by atoms with Gasteiger partial charge in [0.2, 0.25) is 5.91 Å². The Kier molecular flexibility index (Phi) is 5.00. The van der Waals surface area contributed by atoms with E-state index in [0.717, 1.165) is 18.2 Å². The Labute approximate surface area is 103 Å². The molecule has 0 aliphatic carbocycles. The molecule has 2 rings (SSSR count). The van der Waals surface area contributed by atoms with Crippen molar-refractivity contribution < 1.29 is 4.79 Å². The highest BCUT2D eigenvalue weighted by molar-refractivity contribution is 8.06. The van der Waals surface area contributed by atoms with Crippen molar-refractivity contribution >= 4 is 41.2 Å². The van der Waals surface area contributed by atoms with Gasteiger partial charge >= 0.3 is 0 Å². The average Bonchev–Trinajstić information content (AvgIpc) is 2.81. The first kappa shape index (κ1) is 12.0. The number of hydrogen-bond acceptors (Lipinski definition) is 5. The zero-order chi connectivity index (χ0) is 10.5. The minimum Gasteiger partial charge on any atom is -0.354 e. The zero-order valence-electron chi connectivity index (χ0n) is 8.53. The van der Waals surface area contributed by atoms with Crippen molar-refractivity contribution in [3.63, 3.8) is 0 Å². The molecule has 0 aromatic rings. The molecule has 6 heteroatoms. The lowest BCUT2D eigenvalue weighted by Crippen LogP contribution is -2.44. The molecule has 0 bridgehead atoms. The molecule has 15 heavy (non-hydrogen) atoms. The van der Waals surface area contributed by atoms with Gasteiger partial charge in [-0.1, -0.05) is 0 Å². The van der Waals surface area contributed by atoms with Crippen LogP contribution in [0.3, 0.4) is 0 Å². The summed E-state index contributed by atoms with van der Waals surface area (Å²) < 4.78 is 0. The van der Waals surface area contributed by atoms with Crippen LogP contribution in [-0.2, 0) is 4.79 Å². The molecule has 2 saturated heterocycles. The molecule has 0 saturated carbocycles.